The summed E-state index contributed by atoms with van der Waals surface area (Å²) in [6, 6.07) is 2.24. The molecule has 0 amide bonds. The van der Waals surface area contributed by atoms with Crippen LogP contribution in [0.4, 0.5) is 0 Å². The van der Waals surface area contributed by atoms with Gasteiger partial charge in [-0.05, 0) is 25.5 Å². The van der Waals surface area contributed by atoms with Crippen molar-refractivity contribution in [3.63, 3.8) is 0 Å². The van der Waals surface area contributed by atoms with Crippen molar-refractivity contribution in [3.8, 4) is 0 Å². The van der Waals surface area contributed by atoms with Gasteiger partial charge in [0, 0.05) is 69.0 Å². The summed E-state index contributed by atoms with van der Waals surface area (Å²) in [7, 11) is -1.38. The van der Waals surface area contributed by atoms with Gasteiger partial charge in [-0.2, -0.15) is 17.0 Å². The van der Waals surface area contributed by atoms with Crippen molar-refractivity contribution in [1.29, 1.82) is 0 Å². The third-order valence-corrected chi connectivity index (χ3v) is 8.82. The van der Waals surface area contributed by atoms with E-state index in [0.29, 0.717) is 32.1 Å². The number of likely N-dealkylation sites (N-methyl/N-ethyl adjacent to an activating group) is 1. The Balaban J connectivity index is 1.46. The normalized spacial score (nSPS) is 27.0. The zero-order valence-corrected chi connectivity index (χ0v) is 18.0. The summed E-state index contributed by atoms with van der Waals surface area (Å²) < 4.78 is 32.3. The number of piperazine rings is 1. The highest BCUT2D eigenvalue weighted by atomic mass is 32.2. The Kier molecular flexibility index (Phi) is 4.77. The van der Waals surface area contributed by atoms with Gasteiger partial charge in [0.15, 0.2) is 0 Å². The molecule has 2 fully saturated rings. The maximum absolute atomic E-state index is 13.3. The minimum atomic E-state index is -3.42. The molecule has 2 aliphatic heterocycles. The summed E-state index contributed by atoms with van der Waals surface area (Å²) in [4.78, 5) is 6.78. The van der Waals surface area contributed by atoms with Crippen LogP contribution in [0.3, 0.4) is 0 Å². The lowest BCUT2D eigenvalue weighted by atomic mass is 9.94. The van der Waals surface area contributed by atoms with Crippen LogP contribution in [0.25, 0.3) is 17.0 Å². The monoisotopic (exact) mass is 415 g/mol. The molecular formula is C21H29N5O2S. The van der Waals surface area contributed by atoms with Gasteiger partial charge in [0.1, 0.15) is 0 Å². The molecule has 2 atom stereocenters. The summed E-state index contributed by atoms with van der Waals surface area (Å²) in [5.74, 6) is 0.415. The van der Waals surface area contributed by atoms with Crippen LogP contribution in [0.5, 0.6) is 0 Å². The molecule has 29 heavy (non-hydrogen) atoms. The number of hydrogen-bond donors (Lipinski definition) is 0. The molecule has 2 aromatic heterocycles. The quantitative estimate of drug-likeness (QED) is 0.769. The van der Waals surface area contributed by atoms with Crippen molar-refractivity contribution in [3.05, 3.63) is 35.8 Å². The number of hydrogen-bond acceptors (Lipinski definition) is 4. The van der Waals surface area contributed by atoms with Crippen molar-refractivity contribution in [2.45, 2.75) is 25.8 Å². The van der Waals surface area contributed by atoms with Crippen LogP contribution in [0, 0.1) is 5.92 Å². The van der Waals surface area contributed by atoms with E-state index in [1.807, 2.05) is 13.2 Å². The second-order valence-electron chi connectivity index (χ2n) is 8.65. The lowest BCUT2D eigenvalue weighted by Crippen LogP contribution is -2.54. The molecule has 0 aromatic carbocycles. The molecular weight excluding hydrogens is 386 g/mol. The van der Waals surface area contributed by atoms with Crippen LogP contribution in [-0.4, -0.2) is 77.8 Å². The largest absolute Gasteiger partial charge is 0.342 e. The fourth-order valence-electron chi connectivity index (χ4n) is 4.89. The number of fused-ring (bicyclic) bond motifs is 3. The van der Waals surface area contributed by atoms with Crippen molar-refractivity contribution in [2.75, 3.05) is 46.3 Å². The van der Waals surface area contributed by atoms with Gasteiger partial charge in [-0.1, -0.05) is 19.1 Å². The van der Waals surface area contributed by atoms with Crippen molar-refractivity contribution >= 4 is 27.2 Å². The van der Waals surface area contributed by atoms with Gasteiger partial charge >= 0.3 is 0 Å². The smallest absolute Gasteiger partial charge is 0.282 e. The van der Waals surface area contributed by atoms with E-state index in [0.717, 1.165) is 37.0 Å². The molecule has 3 aliphatic rings. The minimum Gasteiger partial charge on any atom is -0.342 e. The van der Waals surface area contributed by atoms with Gasteiger partial charge in [0.05, 0.1) is 17.3 Å². The van der Waals surface area contributed by atoms with Gasteiger partial charge in [-0.25, -0.2) is 0 Å². The van der Waals surface area contributed by atoms with Crippen LogP contribution in [-0.2, 0) is 16.6 Å². The maximum Gasteiger partial charge on any atom is 0.282 e. The molecule has 7 nitrogen and oxygen atoms in total. The summed E-state index contributed by atoms with van der Waals surface area (Å²) >= 11 is 0. The zero-order valence-electron chi connectivity index (χ0n) is 17.2. The Morgan fingerprint density at radius 3 is 2.69 bits per heavy atom. The summed E-state index contributed by atoms with van der Waals surface area (Å²) in [5, 5.41) is 1.13. The second kappa shape index (κ2) is 7.19. The molecule has 0 N–H and O–H groups in total. The lowest BCUT2D eigenvalue weighted by Gasteiger charge is -2.41. The molecule has 156 valence electrons. The van der Waals surface area contributed by atoms with Gasteiger partial charge in [-0.3, -0.25) is 4.98 Å². The predicted octanol–water partition coefficient (Wildman–Crippen LogP) is 1.98. The molecule has 0 unspecified atom stereocenters. The standard InChI is InChI=1S/C21H29N5O2S/c1-16-6-8-25(29(27,28)24-12-10-23(2)11-13-24)15-20(16)26-9-7-17-14-22-19-5-3-4-18(19)21(17)26/h3-4,7,9,14,16,20H,5-6,8,10-13,15H2,1-2H3/t16-,20+/m1/s1. The fraction of sp³-hybridized carbons (Fsp3) is 0.571. The molecule has 8 heteroatoms. The molecule has 1 aliphatic carbocycles. The van der Waals surface area contributed by atoms with Crippen LogP contribution in [0.2, 0.25) is 0 Å². The van der Waals surface area contributed by atoms with Crippen molar-refractivity contribution in [1.82, 2.24) is 23.1 Å². The number of piperidine rings is 1. The van der Waals surface area contributed by atoms with E-state index in [-0.39, 0.29) is 6.04 Å². The van der Waals surface area contributed by atoms with Crippen LogP contribution in [0.1, 0.15) is 30.6 Å². The van der Waals surface area contributed by atoms with E-state index in [9.17, 15) is 8.42 Å². The van der Waals surface area contributed by atoms with Crippen LogP contribution >= 0.6 is 0 Å². The average molecular weight is 416 g/mol. The number of nitrogens with zero attached hydrogens (tertiary/aromatic N) is 5. The van der Waals surface area contributed by atoms with Crippen LogP contribution < -0.4 is 0 Å². The maximum atomic E-state index is 13.3. The summed E-state index contributed by atoms with van der Waals surface area (Å²) in [6.07, 6.45) is 10.1. The van der Waals surface area contributed by atoms with E-state index in [4.69, 9.17) is 0 Å². The van der Waals surface area contributed by atoms with E-state index < -0.39 is 10.2 Å². The average Bonchev–Trinajstić information content (AvgIpc) is 3.35. The van der Waals surface area contributed by atoms with Gasteiger partial charge in [0.25, 0.3) is 10.2 Å². The molecule has 5 rings (SSSR count). The van der Waals surface area contributed by atoms with Gasteiger partial charge < -0.3 is 9.47 Å². The first-order valence-electron chi connectivity index (χ1n) is 10.5. The topological polar surface area (TPSA) is 61.7 Å². The fourth-order valence-corrected chi connectivity index (χ4v) is 6.52. The Morgan fingerprint density at radius 2 is 1.90 bits per heavy atom. The summed E-state index contributed by atoms with van der Waals surface area (Å²) in [5.41, 5.74) is 3.50. The first-order chi connectivity index (χ1) is 13.9. The molecule has 0 spiro atoms. The Morgan fingerprint density at radius 1 is 1.10 bits per heavy atom. The zero-order chi connectivity index (χ0) is 20.2. The summed E-state index contributed by atoms with van der Waals surface area (Å²) in [6.45, 7) is 6.11. The number of aromatic nitrogens is 2. The molecule has 4 heterocycles. The SMILES string of the molecule is C[C@@H]1CCN(S(=O)(=O)N2CCN(C)CC2)C[C@@H]1n1ccc2cnc3c(c21)C=CC3. The number of pyridine rings is 1. The molecule has 2 aromatic rings. The first kappa shape index (κ1) is 19.2. The van der Waals surface area contributed by atoms with E-state index in [2.05, 4.69) is 45.8 Å². The van der Waals surface area contributed by atoms with E-state index in [1.54, 1.807) is 8.61 Å². The highest BCUT2D eigenvalue weighted by molar-refractivity contribution is 7.86. The second-order valence-corrected chi connectivity index (χ2v) is 10.6. The van der Waals surface area contributed by atoms with Crippen LogP contribution in [0.15, 0.2) is 24.5 Å². The van der Waals surface area contributed by atoms with Gasteiger partial charge in [0.2, 0.25) is 0 Å². The van der Waals surface area contributed by atoms with E-state index in [1.165, 1.54) is 11.1 Å². The lowest BCUT2D eigenvalue weighted by molar-refractivity contribution is 0.176. The number of rotatable bonds is 3. The van der Waals surface area contributed by atoms with Crippen molar-refractivity contribution < 1.29 is 8.42 Å². The molecule has 0 bridgehead atoms. The third kappa shape index (κ3) is 3.22. The minimum absolute atomic E-state index is 0.129. The number of allylic oxidation sites excluding steroid dienone is 1. The molecule has 0 radical (unpaired) electrons. The Hall–Kier alpha value is -1.74. The highest BCUT2D eigenvalue weighted by Gasteiger charge is 2.38. The van der Waals surface area contributed by atoms with Gasteiger partial charge in [-0.15, -0.1) is 0 Å². The highest BCUT2D eigenvalue weighted by Crippen LogP contribution is 2.36. The molecule has 2 saturated heterocycles. The Labute approximate surface area is 172 Å². The van der Waals surface area contributed by atoms with E-state index >= 15 is 0 Å². The third-order valence-electron chi connectivity index (χ3n) is 6.82. The predicted molar refractivity (Wildman–Crippen MR) is 115 cm³/mol. The first-order valence-corrected chi connectivity index (χ1v) is 11.9. The van der Waals surface area contributed by atoms with Crippen molar-refractivity contribution in [2.24, 2.45) is 5.92 Å². The molecule has 0 saturated carbocycles. The Bertz CT molecular complexity index is 1050.